The highest BCUT2D eigenvalue weighted by molar-refractivity contribution is 6.30. The quantitative estimate of drug-likeness (QED) is 0.754. The van der Waals surface area contributed by atoms with Gasteiger partial charge in [-0.3, -0.25) is 0 Å². The van der Waals surface area contributed by atoms with Gasteiger partial charge in [0.05, 0.1) is 6.61 Å². The molecule has 0 bridgehead atoms. The van der Waals surface area contributed by atoms with Gasteiger partial charge in [-0.2, -0.15) is 0 Å². The van der Waals surface area contributed by atoms with Gasteiger partial charge < -0.3 is 4.74 Å². The minimum Gasteiger partial charge on any atom is -0.494 e. The Morgan fingerprint density at radius 2 is 2.00 bits per heavy atom. The average molecular weight is 274 g/mol. The predicted molar refractivity (Wildman–Crippen MR) is 79.6 cm³/mol. The lowest BCUT2D eigenvalue weighted by Gasteiger charge is -2.02. The summed E-state index contributed by atoms with van der Waals surface area (Å²) in [7, 11) is 0. The van der Waals surface area contributed by atoms with Gasteiger partial charge in [0.25, 0.3) is 0 Å². The number of benzene rings is 1. The van der Waals surface area contributed by atoms with E-state index >= 15 is 0 Å². The molecular weight excluding hydrogens is 258 g/mol. The summed E-state index contributed by atoms with van der Waals surface area (Å²) in [5.41, 5.74) is 2.18. The molecule has 0 aliphatic carbocycles. The maximum Gasteiger partial charge on any atom is 0.132 e. The number of allylic oxidation sites excluding steroid dienone is 1. The summed E-state index contributed by atoms with van der Waals surface area (Å²) in [6.45, 7) is 2.67. The van der Waals surface area contributed by atoms with E-state index in [2.05, 4.69) is 17.1 Å². The molecule has 98 valence electrons. The first kappa shape index (κ1) is 13.6. The molecular formula is C16H16ClNO. The molecule has 0 saturated heterocycles. The highest BCUT2D eigenvalue weighted by Gasteiger charge is 1.97. The van der Waals surface area contributed by atoms with E-state index < -0.39 is 0 Å². The van der Waals surface area contributed by atoms with Crippen LogP contribution in [0.25, 0.3) is 6.08 Å². The molecule has 0 saturated carbocycles. The van der Waals surface area contributed by atoms with E-state index in [1.54, 1.807) is 6.20 Å². The number of ether oxygens (including phenoxy) is 1. The van der Waals surface area contributed by atoms with Crippen LogP contribution in [0.15, 0.2) is 48.7 Å². The van der Waals surface area contributed by atoms with Crippen molar-refractivity contribution in [3.8, 4) is 5.75 Å². The molecule has 0 radical (unpaired) electrons. The zero-order valence-electron chi connectivity index (χ0n) is 10.8. The van der Waals surface area contributed by atoms with Crippen LogP contribution in [0.3, 0.4) is 0 Å². The molecule has 0 N–H and O–H groups in total. The molecule has 1 aromatic carbocycles. The third kappa shape index (κ3) is 4.11. The Bertz CT molecular complexity index is 549. The zero-order chi connectivity index (χ0) is 13.5. The normalized spacial score (nSPS) is 10.8. The first-order valence-corrected chi connectivity index (χ1v) is 6.66. The topological polar surface area (TPSA) is 22.1 Å². The molecule has 2 rings (SSSR count). The molecule has 1 aromatic heterocycles. The lowest BCUT2D eigenvalue weighted by molar-refractivity contribution is 0.340. The van der Waals surface area contributed by atoms with Crippen LogP contribution in [0, 0.1) is 0 Å². The molecule has 2 aromatic rings. The highest BCUT2D eigenvalue weighted by atomic mass is 35.5. The molecule has 0 amide bonds. The molecule has 0 fully saturated rings. The summed E-state index contributed by atoms with van der Waals surface area (Å²) in [5, 5.41) is 0.568. The first-order valence-electron chi connectivity index (χ1n) is 6.28. The molecule has 19 heavy (non-hydrogen) atoms. The summed E-state index contributed by atoms with van der Waals surface area (Å²) in [4.78, 5) is 4.05. The van der Waals surface area contributed by atoms with Gasteiger partial charge in [-0.25, -0.2) is 4.98 Å². The maximum atomic E-state index is 6.00. The lowest BCUT2D eigenvalue weighted by atomic mass is 10.1. The molecule has 1 heterocycles. The summed E-state index contributed by atoms with van der Waals surface area (Å²) < 4.78 is 5.40. The molecule has 2 nitrogen and oxygen atoms in total. The number of rotatable bonds is 5. The van der Waals surface area contributed by atoms with Crippen molar-refractivity contribution in [2.24, 2.45) is 0 Å². The van der Waals surface area contributed by atoms with Crippen molar-refractivity contribution >= 4 is 17.7 Å². The largest absolute Gasteiger partial charge is 0.494 e. The van der Waals surface area contributed by atoms with Crippen molar-refractivity contribution in [1.29, 1.82) is 0 Å². The number of aromatic nitrogens is 1. The van der Waals surface area contributed by atoms with Gasteiger partial charge in [-0.15, -0.1) is 0 Å². The number of hydrogen-bond acceptors (Lipinski definition) is 2. The van der Waals surface area contributed by atoms with Gasteiger partial charge in [0.15, 0.2) is 0 Å². The second-order valence-electron chi connectivity index (χ2n) is 4.06. The Morgan fingerprint density at radius 1 is 1.21 bits per heavy atom. The Kier molecular flexibility index (Phi) is 4.99. The minimum absolute atomic E-state index is 0.568. The van der Waals surface area contributed by atoms with Crippen LogP contribution in [0.4, 0.5) is 0 Å². The Hall–Kier alpha value is -1.80. The van der Waals surface area contributed by atoms with Crippen molar-refractivity contribution in [3.63, 3.8) is 0 Å². The van der Waals surface area contributed by atoms with E-state index in [0.29, 0.717) is 11.8 Å². The van der Waals surface area contributed by atoms with Gasteiger partial charge in [-0.05, 0) is 42.7 Å². The Morgan fingerprint density at radius 3 is 2.68 bits per heavy atom. The van der Waals surface area contributed by atoms with Crippen LogP contribution in [0.5, 0.6) is 5.75 Å². The summed E-state index contributed by atoms with van der Waals surface area (Å²) in [6.07, 6.45) is 6.62. The van der Waals surface area contributed by atoms with Crippen LogP contribution in [0.1, 0.15) is 18.1 Å². The number of nitrogens with zero attached hydrogens (tertiary/aromatic N) is 1. The minimum atomic E-state index is 0.568. The van der Waals surface area contributed by atoms with E-state index in [1.165, 1.54) is 0 Å². The fraction of sp³-hybridized carbons (Fsp3) is 0.188. The van der Waals surface area contributed by atoms with Crippen molar-refractivity contribution < 1.29 is 4.74 Å². The first-order chi connectivity index (χ1) is 9.29. The standard InChI is InChI=1S/C16H16ClNO/c1-2-19-15-10-8-13(9-11-15)5-3-6-14-7-4-12-18-16(14)17/h3-5,7-12H,2,6H2,1H3. The summed E-state index contributed by atoms with van der Waals surface area (Å²) >= 11 is 6.00. The molecule has 0 aliphatic heterocycles. The second kappa shape index (κ2) is 6.95. The number of halogens is 1. The Labute approximate surface area is 118 Å². The monoisotopic (exact) mass is 273 g/mol. The van der Waals surface area contributed by atoms with Crippen LogP contribution >= 0.6 is 11.6 Å². The summed E-state index contributed by atoms with van der Waals surface area (Å²) in [5.74, 6) is 0.898. The lowest BCUT2D eigenvalue weighted by Crippen LogP contribution is -1.90. The predicted octanol–water partition coefficient (Wildman–Crippen LogP) is 4.39. The van der Waals surface area contributed by atoms with Gasteiger partial charge in [0.2, 0.25) is 0 Å². The van der Waals surface area contributed by atoms with Crippen molar-refractivity contribution in [2.75, 3.05) is 6.61 Å². The molecule has 3 heteroatoms. The smallest absolute Gasteiger partial charge is 0.132 e. The van der Waals surface area contributed by atoms with Gasteiger partial charge in [0, 0.05) is 6.20 Å². The third-order valence-corrected chi connectivity index (χ3v) is 3.02. The summed E-state index contributed by atoms with van der Waals surface area (Å²) in [6, 6.07) is 11.9. The number of hydrogen-bond donors (Lipinski definition) is 0. The van der Waals surface area contributed by atoms with E-state index in [-0.39, 0.29) is 0 Å². The molecule has 0 atom stereocenters. The SMILES string of the molecule is CCOc1ccc(C=CCc2cccnc2Cl)cc1. The molecule has 0 aliphatic rings. The van der Waals surface area contributed by atoms with Gasteiger partial charge >= 0.3 is 0 Å². The highest BCUT2D eigenvalue weighted by Crippen LogP contribution is 2.15. The third-order valence-electron chi connectivity index (χ3n) is 2.68. The fourth-order valence-electron chi connectivity index (χ4n) is 1.74. The Balaban J connectivity index is 1.97. The average Bonchev–Trinajstić information content (AvgIpc) is 2.43. The van der Waals surface area contributed by atoms with Crippen LogP contribution in [0.2, 0.25) is 5.15 Å². The number of pyridine rings is 1. The van der Waals surface area contributed by atoms with Crippen molar-refractivity contribution in [2.45, 2.75) is 13.3 Å². The van der Waals surface area contributed by atoms with Crippen molar-refractivity contribution in [3.05, 3.63) is 65.0 Å². The van der Waals surface area contributed by atoms with E-state index in [1.807, 2.05) is 43.3 Å². The fourth-order valence-corrected chi connectivity index (χ4v) is 1.93. The molecule has 0 unspecified atom stereocenters. The molecule has 0 spiro atoms. The van der Waals surface area contributed by atoms with Crippen LogP contribution < -0.4 is 4.74 Å². The van der Waals surface area contributed by atoms with E-state index in [9.17, 15) is 0 Å². The van der Waals surface area contributed by atoms with E-state index in [0.717, 1.165) is 23.3 Å². The second-order valence-corrected chi connectivity index (χ2v) is 4.42. The maximum absolute atomic E-state index is 6.00. The zero-order valence-corrected chi connectivity index (χ0v) is 11.6. The van der Waals surface area contributed by atoms with Gasteiger partial charge in [0.1, 0.15) is 10.9 Å². The van der Waals surface area contributed by atoms with E-state index in [4.69, 9.17) is 16.3 Å². The van der Waals surface area contributed by atoms with Gasteiger partial charge in [-0.1, -0.05) is 42.0 Å². The van der Waals surface area contributed by atoms with Crippen LogP contribution in [-0.2, 0) is 6.42 Å². The van der Waals surface area contributed by atoms with Crippen molar-refractivity contribution in [1.82, 2.24) is 4.98 Å². The van der Waals surface area contributed by atoms with Crippen LogP contribution in [-0.4, -0.2) is 11.6 Å².